The van der Waals surface area contributed by atoms with Gasteiger partial charge in [0.2, 0.25) is 0 Å². The summed E-state index contributed by atoms with van der Waals surface area (Å²) in [5.41, 5.74) is 0.678. The molecular weight excluding hydrogens is 388 g/mol. The molecule has 1 aliphatic heterocycles. The summed E-state index contributed by atoms with van der Waals surface area (Å²) >= 11 is 1.52. The fourth-order valence-corrected chi connectivity index (χ4v) is 3.94. The van der Waals surface area contributed by atoms with Crippen LogP contribution in [-0.4, -0.2) is 44.0 Å². The summed E-state index contributed by atoms with van der Waals surface area (Å²) in [5, 5.41) is 4.76. The van der Waals surface area contributed by atoms with Gasteiger partial charge in [-0.1, -0.05) is 18.9 Å². The van der Waals surface area contributed by atoms with E-state index in [4.69, 9.17) is 9.47 Å². The molecule has 1 aromatic heterocycles. The van der Waals surface area contributed by atoms with E-state index in [-0.39, 0.29) is 17.5 Å². The SMILES string of the molecule is COc1ccc(C(=O)NC(=Cc2cccs2)C(=O)N2CCCCCC2)cc1OC. The molecule has 1 aliphatic rings. The number of rotatable bonds is 6. The van der Waals surface area contributed by atoms with Crippen LogP contribution in [0.25, 0.3) is 6.08 Å². The van der Waals surface area contributed by atoms with Crippen LogP contribution in [0.3, 0.4) is 0 Å². The van der Waals surface area contributed by atoms with Crippen LogP contribution in [0, 0.1) is 0 Å². The van der Waals surface area contributed by atoms with Crippen molar-refractivity contribution in [1.29, 1.82) is 0 Å². The molecule has 2 amide bonds. The minimum atomic E-state index is -0.364. The van der Waals surface area contributed by atoms with E-state index in [1.807, 2.05) is 22.4 Å². The predicted octanol–water partition coefficient (Wildman–Crippen LogP) is 3.94. The van der Waals surface area contributed by atoms with E-state index in [0.29, 0.717) is 30.2 Å². The maximum Gasteiger partial charge on any atom is 0.270 e. The zero-order valence-electron chi connectivity index (χ0n) is 16.8. The Morgan fingerprint density at radius 3 is 2.38 bits per heavy atom. The number of carbonyl (C=O) groups excluding carboxylic acids is 2. The predicted molar refractivity (Wildman–Crippen MR) is 114 cm³/mol. The Morgan fingerprint density at radius 1 is 1.03 bits per heavy atom. The zero-order valence-corrected chi connectivity index (χ0v) is 17.6. The summed E-state index contributed by atoms with van der Waals surface area (Å²) in [7, 11) is 3.06. The van der Waals surface area contributed by atoms with Gasteiger partial charge in [0.15, 0.2) is 11.5 Å². The van der Waals surface area contributed by atoms with Gasteiger partial charge in [0, 0.05) is 23.5 Å². The summed E-state index contributed by atoms with van der Waals surface area (Å²) in [6.45, 7) is 1.43. The molecule has 0 aliphatic carbocycles. The fraction of sp³-hybridized carbons (Fsp3) is 0.364. The highest BCUT2D eigenvalue weighted by Crippen LogP contribution is 2.27. The first-order valence-electron chi connectivity index (χ1n) is 9.70. The number of nitrogens with zero attached hydrogens (tertiary/aromatic N) is 1. The Morgan fingerprint density at radius 2 is 1.76 bits per heavy atom. The van der Waals surface area contributed by atoms with Crippen LogP contribution in [-0.2, 0) is 4.79 Å². The first-order chi connectivity index (χ1) is 14.1. The minimum Gasteiger partial charge on any atom is -0.493 e. The molecule has 2 heterocycles. The summed E-state index contributed by atoms with van der Waals surface area (Å²) < 4.78 is 10.5. The van der Waals surface area contributed by atoms with Gasteiger partial charge in [0.1, 0.15) is 5.70 Å². The minimum absolute atomic E-state index is 0.144. The summed E-state index contributed by atoms with van der Waals surface area (Å²) in [4.78, 5) is 28.8. The number of hydrogen-bond acceptors (Lipinski definition) is 5. The highest BCUT2D eigenvalue weighted by molar-refractivity contribution is 7.10. The molecule has 0 unspecified atom stereocenters. The maximum atomic E-state index is 13.2. The zero-order chi connectivity index (χ0) is 20.6. The van der Waals surface area contributed by atoms with Crippen molar-refractivity contribution in [3.05, 3.63) is 51.8 Å². The third kappa shape index (κ3) is 5.38. The van der Waals surface area contributed by atoms with Gasteiger partial charge in [-0.25, -0.2) is 0 Å². The third-order valence-electron chi connectivity index (χ3n) is 4.85. The molecule has 1 aromatic carbocycles. The van der Waals surface area contributed by atoms with Gasteiger partial charge in [-0.05, 0) is 48.6 Å². The van der Waals surface area contributed by atoms with Gasteiger partial charge in [0.05, 0.1) is 14.2 Å². The van der Waals surface area contributed by atoms with Crippen LogP contribution in [0.15, 0.2) is 41.4 Å². The van der Waals surface area contributed by atoms with Crippen LogP contribution in [0.1, 0.15) is 40.9 Å². The number of nitrogens with one attached hydrogen (secondary N) is 1. The largest absolute Gasteiger partial charge is 0.493 e. The number of likely N-dealkylation sites (tertiary alicyclic amines) is 1. The number of hydrogen-bond donors (Lipinski definition) is 1. The highest BCUT2D eigenvalue weighted by atomic mass is 32.1. The number of carbonyl (C=O) groups is 2. The van der Waals surface area contributed by atoms with Crippen molar-refractivity contribution < 1.29 is 19.1 Å². The average molecular weight is 415 g/mol. The second kappa shape index (κ2) is 10.1. The third-order valence-corrected chi connectivity index (χ3v) is 5.67. The van der Waals surface area contributed by atoms with Crippen molar-refractivity contribution in [2.75, 3.05) is 27.3 Å². The molecule has 0 saturated carbocycles. The number of ether oxygens (including phenoxy) is 2. The van der Waals surface area contributed by atoms with Crippen molar-refractivity contribution in [3.63, 3.8) is 0 Å². The molecule has 154 valence electrons. The van der Waals surface area contributed by atoms with E-state index in [1.54, 1.807) is 31.4 Å². The summed E-state index contributed by atoms with van der Waals surface area (Å²) in [6, 6.07) is 8.76. The molecule has 0 bridgehead atoms. The van der Waals surface area contributed by atoms with E-state index in [0.717, 1.165) is 30.6 Å². The van der Waals surface area contributed by atoms with Gasteiger partial charge >= 0.3 is 0 Å². The molecular formula is C22H26N2O4S. The van der Waals surface area contributed by atoms with Crippen molar-refractivity contribution in [1.82, 2.24) is 10.2 Å². The molecule has 2 aromatic rings. The van der Waals surface area contributed by atoms with Crippen molar-refractivity contribution in [2.45, 2.75) is 25.7 Å². The molecule has 0 atom stereocenters. The van der Waals surface area contributed by atoms with Crippen molar-refractivity contribution >= 4 is 29.2 Å². The molecule has 0 spiro atoms. The lowest BCUT2D eigenvalue weighted by molar-refractivity contribution is -0.127. The van der Waals surface area contributed by atoms with Gasteiger partial charge in [0.25, 0.3) is 11.8 Å². The van der Waals surface area contributed by atoms with Gasteiger partial charge in [-0.2, -0.15) is 0 Å². The molecule has 0 radical (unpaired) electrons. The molecule has 1 N–H and O–H groups in total. The Balaban J connectivity index is 1.85. The smallest absolute Gasteiger partial charge is 0.270 e. The Hall–Kier alpha value is -2.80. The van der Waals surface area contributed by atoms with Gasteiger partial charge < -0.3 is 19.7 Å². The molecule has 1 fully saturated rings. The lowest BCUT2D eigenvalue weighted by Crippen LogP contribution is -2.38. The Kier molecular flexibility index (Phi) is 7.30. The lowest BCUT2D eigenvalue weighted by atomic mass is 10.1. The number of benzene rings is 1. The first-order valence-corrected chi connectivity index (χ1v) is 10.6. The van der Waals surface area contributed by atoms with Crippen molar-refractivity contribution in [2.24, 2.45) is 0 Å². The summed E-state index contributed by atoms with van der Waals surface area (Å²) in [5.74, 6) is 0.493. The lowest BCUT2D eigenvalue weighted by Gasteiger charge is -2.22. The number of methoxy groups -OCH3 is 2. The molecule has 6 nitrogen and oxygen atoms in total. The maximum absolute atomic E-state index is 13.2. The van der Waals surface area contributed by atoms with Gasteiger partial charge in [-0.3, -0.25) is 9.59 Å². The molecule has 7 heteroatoms. The number of thiophene rings is 1. The highest BCUT2D eigenvalue weighted by Gasteiger charge is 2.22. The molecule has 1 saturated heterocycles. The number of amides is 2. The van der Waals surface area contributed by atoms with E-state index in [2.05, 4.69) is 5.32 Å². The van der Waals surface area contributed by atoms with Crippen molar-refractivity contribution in [3.8, 4) is 11.5 Å². The quantitative estimate of drug-likeness (QED) is 0.727. The van der Waals surface area contributed by atoms with E-state index in [9.17, 15) is 9.59 Å². The van der Waals surface area contributed by atoms with Crippen LogP contribution >= 0.6 is 11.3 Å². The standard InChI is InChI=1S/C22H26N2O4S/c1-27-19-10-9-16(14-20(19)28-2)21(25)23-18(15-17-8-7-13-29-17)22(26)24-11-5-3-4-6-12-24/h7-10,13-15H,3-6,11-12H2,1-2H3,(H,23,25). The Labute approximate surface area is 175 Å². The molecule has 3 rings (SSSR count). The van der Waals surface area contributed by atoms with E-state index < -0.39 is 0 Å². The van der Waals surface area contributed by atoms with E-state index >= 15 is 0 Å². The topological polar surface area (TPSA) is 67.9 Å². The van der Waals surface area contributed by atoms with Crippen LogP contribution < -0.4 is 14.8 Å². The monoisotopic (exact) mass is 414 g/mol. The molecule has 29 heavy (non-hydrogen) atoms. The van der Waals surface area contributed by atoms with Gasteiger partial charge in [-0.15, -0.1) is 11.3 Å². The average Bonchev–Trinajstić information content (AvgIpc) is 3.11. The fourth-order valence-electron chi connectivity index (χ4n) is 3.28. The first kappa shape index (κ1) is 20.9. The van der Waals surface area contributed by atoms with E-state index in [1.165, 1.54) is 18.4 Å². The Bertz CT molecular complexity index is 869. The van der Waals surface area contributed by atoms with Crippen LogP contribution in [0.4, 0.5) is 0 Å². The normalized spacial score (nSPS) is 14.8. The van der Waals surface area contributed by atoms with Crippen LogP contribution in [0.5, 0.6) is 11.5 Å². The van der Waals surface area contributed by atoms with Crippen LogP contribution in [0.2, 0.25) is 0 Å². The summed E-state index contributed by atoms with van der Waals surface area (Å²) in [6.07, 6.45) is 5.98. The second-order valence-electron chi connectivity index (χ2n) is 6.80. The second-order valence-corrected chi connectivity index (χ2v) is 7.78.